The van der Waals surface area contributed by atoms with E-state index in [1.165, 1.54) is 0 Å². The van der Waals surface area contributed by atoms with Gasteiger partial charge in [0, 0.05) is 36.4 Å². The number of aliphatic imine (C=N–C) groups is 1. The number of carbonyl (C=O) groups is 2. The molecule has 1 heterocycles. The smallest absolute Gasteiger partial charge is 0.315 e. The van der Waals surface area contributed by atoms with Crippen molar-refractivity contribution in [3.63, 3.8) is 0 Å². The number of esters is 1. The molecule has 1 aliphatic carbocycles. The third-order valence-corrected chi connectivity index (χ3v) is 6.55. The summed E-state index contributed by atoms with van der Waals surface area (Å²) in [7, 11) is 1.56. The third kappa shape index (κ3) is 5.70. The van der Waals surface area contributed by atoms with E-state index in [1.807, 2.05) is 61.5 Å². The van der Waals surface area contributed by atoms with Gasteiger partial charge in [-0.2, -0.15) is 0 Å². The molecule has 0 spiro atoms. The van der Waals surface area contributed by atoms with E-state index in [4.69, 9.17) is 19.2 Å². The van der Waals surface area contributed by atoms with Crippen LogP contribution < -0.4 is 4.74 Å². The Morgan fingerprint density at radius 1 is 1.06 bits per heavy atom. The normalized spacial score (nSPS) is 21.3. The van der Waals surface area contributed by atoms with E-state index in [0.29, 0.717) is 43.1 Å². The van der Waals surface area contributed by atoms with Gasteiger partial charge in [-0.05, 0) is 42.0 Å². The Morgan fingerprint density at radius 3 is 2.57 bits per heavy atom. The molecule has 0 N–H and O–H groups in total. The van der Waals surface area contributed by atoms with Gasteiger partial charge in [0.25, 0.3) is 0 Å². The van der Waals surface area contributed by atoms with Crippen LogP contribution in [-0.4, -0.2) is 37.8 Å². The van der Waals surface area contributed by atoms with Crippen LogP contribution in [0.15, 0.2) is 70.9 Å². The maximum atomic E-state index is 13.4. The highest BCUT2D eigenvalue weighted by molar-refractivity contribution is 6.09. The van der Waals surface area contributed by atoms with E-state index >= 15 is 0 Å². The van der Waals surface area contributed by atoms with Gasteiger partial charge in [-0.3, -0.25) is 14.6 Å². The monoisotopic (exact) mass is 475 g/mol. The summed E-state index contributed by atoms with van der Waals surface area (Å²) in [5, 5.41) is 0. The second kappa shape index (κ2) is 10.6. The van der Waals surface area contributed by atoms with Gasteiger partial charge in [-0.15, -0.1) is 0 Å². The standard InChI is InChI=1S/C29H33NO5/c1-19-25(28(32)34-14-13-33-4)26(27-23(30-19)16-29(2,3)17-24(27)31)21-11-8-12-22(15-21)35-18-20-9-6-5-7-10-20/h5-12,15,25-26H,13-14,16-18H2,1-4H3/t25?,26-/m0/s1. The fourth-order valence-electron chi connectivity index (χ4n) is 4.96. The highest BCUT2D eigenvalue weighted by Gasteiger charge is 2.46. The number of nitrogens with zero attached hydrogens (tertiary/aromatic N) is 1. The van der Waals surface area contributed by atoms with Crippen molar-refractivity contribution in [3.05, 3.63) is 77.0 Å². The first-order chi connectivity index (χ1) is 16.8. The zero-order valence-electron chi connectivity index (χ0n) is 20.9. The van der Waals surface area contributed by atoms with Crippen LogP contribution in [0.4, 0.5) is 0 Å². The first-order valence-electron chi connectivity index (χ1n) is 12.0. The quantitative estimate of drug-likeness (QED) is 0.384. The molecule has 0 saturated heterocycles. The van der Waals surface area contributed by atoms with E-state index in [-0.39, 0.29) is 17.8 Å². The van der Waals surface area contributed by atoms with Gasteiger partial charge >= 0.3 is 5.97 Å². The van der Waals surface area contributed by atoms with Gasteiger partial charge < -0.3 is 14.2 Å². The first-order valence-corrected chi connectivity index (χ1v) is 12.0. The summed E-state index contributed by atoms with van der Waals surface area (Å²) in [5.74, 6) is -0.818. The van der Waals surface area contributed by atoms with Gasteiger partial charge in [0.1, 0.15) is 24.9 Å². The minimum atomic E-state index is -0.680. The molecule has 2 aromatic carbocycles. The molecule has 0 amide bonds. The van der Waals surface area contributed by atoms with Gasteiger partial charge in [-0.1, -0.05) is 56.3 Å². The largest absolute Gasteiger partial charge is 0.489 e. The lowest BCUT2D eigenvalue weighted by Gasteiger charge is -2.39. The molecular formula is C29H33NO5. The molecule has 2 aliphatic rings. The van der Waals surface area contributed by atoms with Crippen LogP contribution in [0.25, 0.3) is 0 Å². The summed E-state index contributed by atoms with van der Waals surface area (Å²) in [4.78, 5) is 31.4. The van der Waals surface area contributed by atoms with Gasteiger partial charge in [-0.25, -0.2) is 0 Å². The van der Waals surface area contributed by atoms with E-state index < -0.39 is 17.8 Å². The Kier molecular flexibility index (Phi) is 7.51. The van der Waals surface area contributed by atoms with Crippen molar-refractivity contribution in [1.82, 2.24) is 0 Å². The number of benzene rings is 2. The number of ether oxygens (including phenoxy) is 3. The lowest BCUT2D eigenvalue weighted by atomic mass is 9.67. The Hall–Kier alpha value is -3.25. The molecule has 1 unspecified atom stereocenters. The summed E-state index contributed by atoms with van der Waals surface area (Å²) in [5.41, 5.74) is 3.81. The average molecular weight is 476 g/mol. The minimum Gasteiger partial charge on any atom is -0.489 e. The zero-order valence-corrected chi connectivity index (χ0v) is 20.9. The summed E-state index contributed by atoms with van der Waals surface area (Å²) < 4.78 is 16.6. The molecule has 35 heavy (non-hydrogen) atoms. The van der Waals surface area contributed by atoms with Gasteiger partial charge in [0.05, 0.1) is 6.61 Å². The Bertz CT molecular complexity index is 1150. The molecule has 4 rings (SSSR count). The predicted molar refractivity (Wildman–Crippen MR) is 134 cm³/mol. The van der Waals surface area contributed by atoms with E-state index in [1.54, 1.807) is 7.11 Å². The zero-order chi connectivity index (χ0) is 25.0. The molecule has 1 aliphatic heterocycles. The SMILES string of the molecule is COCCOC(=O)C1C(C)=NC2=C(C(=O)CC(C)(C)C2)[C@H]1c1cccc(OCc2ccccc2)c1. The minimum absolute atomic E-state index is 0.0443. The fraction of sp³-hybridized carbons (Fsp3) is 0.414. The molecule has 0 aromatic heterocycles. The highest BCUT2D eigenvalue weighted by Crippen LogP contribution is 2.48. The lowest BCUT2D eigenvalue weighted by Crippen LogP contribution is -2.39. The topological polar surface area (TPSA) is 74.2 Å². The maximum absolute atomic E-state index is 13.4. The summed E-state index contributed by atoms with van der Waals surface area (Å²) in [6.45, 7) is 6.90. The molecular weight excluding hydrogens is 442 g/mol. The molecule has 0 radical (unpaired) electrons. The summed E-state index contributed by atoms with van der Waals surface area (Å²) in [6, 6.07) is 17.6. The number of allylic oxidation sites excluding steroid dienone is 2. The number of hydrogen-bond acceptors (Lipinski definition) is 6. The van der Waals surface area contributed by atoms with Crippen LogP contribution in [0.5, 0.6) is 5.75 Å². The predicted octanol–water partition coefficient (Wildman–Crippen LogP) is 5.27. The fourth-order valence-corrected chi connectivity index (χ4v) is 4.96. The molecule has 0 saturated carbocycles. The molecule has 2 atom stereocenters. The second-order valence-electron chi connectivity index (χ2n) is 10.0. The van der Waals surface area contributed by atoms with Crippen LogP contribution in [0.3, 0.4) is 0 Å². The van der Waals surface area contributed by atoms with Crippen molar-refractivity contribution in [1.29, 1.82) is 0 Å². The molecule has 0 bridgehead atoms. The van der Waals surface area contributed by atoms with Crippen LogP contribution in [0.2, 0.25) is 0 Å². The number of ketones is 1. The number of carbonyl (C=O) groups excluding carboxylic acids is 2. The van der Waals surface area contributed by atoms with Crippen LogP contribution in [0.1, 0.15) is 50.7 Å². The van der Waals surface area contributed by atoms with Crippen molar-refractivity contribution in [3.8, 4) is 5.75 Å². The van der Waals surface area contributed by atoms with Gasteiger partial charge in [0.15, 0.2) is 5.78 Å². The van der Waals surface area contributed by atoms with Crippen molar-refractivity contribution >= 4 is 17.5 Å². The van der Waals surface area contributed by atoms with Crippen molar-refractivity contribution in [2.45, 2.75) is 46.1 Å². The first kappa shape index (κ1) is 24.9. The van der Waals surface area contributed by atoms with Crippen LogP contribution in [0, 0.1) is 11.3 Å². The van der Waals surface area contributed by atoms with Crippen LogP contribution >= 0.6 is 0 Å². The molecule has 0 fully saturated rings. The second-order valence-corrected chi connectivity index (χ2v) is 10.0. The number of Topliss-reactive ketones (excluding diaryl/α,β-unsaturated/α-hetero) is 1. The van der Waals surface area contributed by atoms with Crippen molar-refractivity contribution < 1.29 is 23.8 Å². The summed E-state index contributed by atoms with van der Waals surface area (Å²) >= 11 is 0. The summed E-state index contributed by atoms with van der Waals surface area (Å²) in [6.07, 6.45) is 1.12. The number of methoxy groups -OCH3 is 1. The Labute approximate surface area is 207 Å². The van der Waals surface area contributed by atoms with Crippen LogP contribution in [-0.2, 0) is 25.7 Å². The number of hydrogen-bond donors (Lipinski definition) is 0. The molecule has 6 heteroatoms. The van der Waals surface area contributed by atoms with Crippen molar-refractivity contribution in [2.75, 3.05) is 20.3 Å². The Morgan fingerprint density at radius 2 is 1.83 bits per heavy atom. The molecule has 184 valence electrons. The average Bonchev–Trinajstić information content (AvgIpc) is 2.82. The van der Waals surface area contributed by atoms with E-state index in [0.717, 1.165) is 16.8 Å². The molecule has 6 nitrogen and oxygen atoms in total. The highest BCUT2D eigenvalue weighted by atomic mass is 16.6. The number of rotatable bonds is 8. The third-order valence-electron chi connectivity index (χ3n) is 6.55. The van der Waals surface area contributed by atoms with E-state index in [2.05, 4.69) is 13.8 Å². The van der Waals surface area contributed by atoms with Crippen molar-refractivity contribution in [2.24, 2.45) is 16.3 Å². The molecule has 2 aromatic rings. The maximum Gasteiger partial charge on any atom is 0.315 e. The lowest BCUT2D eigenvalue weighted by molar-refractivity contribution is -0.147. The van der Waals surface area contributed by atoms with E-state index in [9.17, 15) is 9.59 Å². The van der Waals surface area contributed by atoms with Gasteiger partial charge in [0.2, 0.25) is 0 Å². The Balaban J connectivity index is 1.70.